The molecule has 0 heterocycles. The van der Waals surface area contributed by atoms with Crippen molar-refractivity contribution in [2.45, 2.75) is 37.6 Å². The molecule has 0 aromatic heterocycles. The molecule has 52 valence electrons. The van der Waals surface area contributed by atoms with Gasteiger partial charge in [0.1, 0.15) is 0 Å². The second kappa shape index (κ2) is 3.83. The molecule has 0 aromatic rings. The maximum atomic E-state index is 10.1. The van der Waals surface area contributed by atoms with Gasteiger partial charge in [-0.3, -0.25) is 0 Å². The van der Waals surface area contributed by atoms with Crippen LogP contribution >= 0.6 is 0 Å². The van der Waals surface area contributed by atoms with Crippen LogP contribution in [0.4, 0.5) is 0 Å². The van der Waals surface area contributed by atoms with Gasteiger partial charge >= 0.3 is 0 Å². The average molecular weight is 142 g/mol. The van der Waals surface area contributed by atoms with Crippen molar-refractivity contribution in [3.8, 4) is 0 Å². The first-order valence-electron chi connectivity index (χ1n) is 3.87. The molecule has 0 atom stereocenters. The Labute approximate surface area is 58.7 Å². The van der Waals surface area contributed by atoms with Crippen LogP contribution in [0.25, 0.3) is 0 Å². The third-order valence-corrected chi connectivity index (χ3v) is 3.83. The molecule has 2 heteroatoms. The SMILES string of the molecule is O=C[SiH2]C1CCCCC1. The normalized spacial score (nSPS) is 23.1. The van der Waals surface area contributed by atoms with E-state index >= 15 is 0 Å². The van der Waals surface area contributed by atoms with Crippen molar-refractivity contribution in [1.82, 2.24) is 0 Å². The highest BCUT2D eigenvalue weighted by molar-refractivity contribution is 6.67. The molecule has 0 aromatic carbocycles. The molecule has 1 saturated carbocycles. The minimum atomic E-state index is -0.305. The van der Waals surface area contributed by atoms with Crippen molar-refractivity contribution in [2.75, 3.05) is 0 Å². The maximum Gasteiger partial charge on any atom is 0.0997 e. The van der Waals surface area contributed by atoms with Crippen LogP contribution in [-0.2, 0) is 4.79 Å². The van der Waals surface area contributed by atoms with Crippen molar-refractivity contribution in [3.63, 3.8) is 0 Å². The van der Waals surface area contributed by atoms with E-state index in [4.69, 9.17) is 0 Å². The van der Waals surface area contributed by atoms with E-state index in [1.807, 2.05) is 0 Å². The lowest BCUT2D eigenvalue weighted by Crippen LogP contribution is -2.08. The summed E-state index contributed by atoms with van der Waals surface area (Å²) in [6, 6.07) is 0. The Kier molecular flexibility index (Phi) is 2.98. The largest absolute Gasteiger partial charge is 0.310 e. The molecular formula is C7H14OSi. The predicted molar refractivity (Wildman–Crippen MR) is 42.1 cm³/mol. The van der Waals surface area contributed by atoms with E-state index < -0.39 is 0 Å². The molecule has 0 unspecified atom stereocenters. The zero-order chi connectivity index (χ0) is 6.53. The van der Waals surface area contributed by atoms with Gasteiger partial charge in [-0.05, 0) is 5.54 Å². The highest BCUT2D eigenvalue weighted by atomic mass is 28.2. The van der Waals surface area contributed by atoms with E-state index in [1.54, 1.807) is 0 Å². The van der Waals surface area contributed by atoms with Crippen LogP contribution in [0.3, 0.4) is 0 Å². The molecule has 0 N–H and O–H groups in total. The van der Waals surface area contributed by atoms with Gasteiger partial charge in [0.2, 0.25) is 0 Å². The van der Waals surface area contributed by atoms with E-state index in [-0.39, 0.29) is 9.52 Å². The van der Waals surface area contributed by atoms with Crippen LogP contribution in [0, 0.1) is 0 Å². The van der Waals surface area contributed by atoms with Gasteiger partial charge in [-0.15, -0.1) is 0 Å². The Balaban J connectivity index is 2.15. The van der Waals surface area contributed by atoms with E-state index in [1.165, 1.54) is 38.0 Å². The Bertz CT molecular complexity index is 86.9. The summed E-state index contributed by atoms with van der Waals surface area (Å²) in [6.45, 7) is 0. The zero-order valence-electron chi connectivity index (χ0n) is 5.81. The van der Waals surface area contributed by atoms with Gasteiger partial charge in [0.05, 0.1) is 15.4 Å². The topological polar surface area (TPSA) is 17.1 Å². The molecule has 0 saturated heterocycles. The van der Waals surface area contributed by atoms with Crippen molar-refractivity contribution >= 4 is 15.4 Å². The second-order valence-electron chi connectivity index (χ2n) is 2.91. The molecule has 0 radical (unpaired) electrons. The van der Waals surface area contributed by atoms with Gasteiger partial charge in [-0.1, -0.05) is 32.1 Å². The fourth-order valence-electron chi connectivity index (χ4n) is 1.56. The fourth-order valence-corrected chi connectivity index (χ4v) is 2.88. The van der Waals surface area contributed by atoms with Gasteiger partial charge < -0.3 is 4.79 Å². The molecule has 1 aliphatic carbocycles. The molecule has 0 bridgehead atoms. The van der Waals surface area contributed by atoms with Crippen molar-refractivity contribution in [2.24, 2.45) is 0 Å². The molecule has 1 fully saturated rings. The van der Waals surface area contributed by atoms with Crippen LogP contribution < -0.4 is 0 Å². The number of carbonyl (C=O) groups is 1. The van der Waals surface area contributed by atoms with E-state index in [0.29, 0.717) is 0 Å². The summed E-state index contributed by atoms with van der Waals surface area (Å²) in [7, 11) is -0.305. The molecule has 0 spiro atoms. The average Bonchev–Trinajstić information content (AvgIpc) is 1.91. The maximum absolute atomic E-state index is 10.1. The monoisotopic (exact) mass is 142 g/mol. The fraction of sp³-hybridized carbons (Fsp3) is 0.857. The van der Waals surface area contributed by atoms with Crippen molar-refractivity contribution in [1.29, 1.82) is 0 Å². The van der Waals surface area contributed by atoms with Gasteiger partial charge in [-0.25, -0.2) is 0 Å². The summed E-state index contributed by atoms with van der Waals surface area (Å²) in [4.78, 5) is 10.1. The Morgan fingerprint density at radius 1 is 1.22 bits per heavy atom. The van der Waals surface area contributed by atoms with Crippen molar-refractivity contribution < 1.29 is 4.79 Å². The molecule has 0 aliphatic heterocycles. The Morgan fingerprint density at radius 2 is 1.89 bits per heavy atom. The van der Waals surface area contributed by atoms with Crippen molar-refractivity contribution in [3.05, 3.63) is 0 Å². The summed E-state index contributed by atoms with van der Waals surface area (Å²) in [6.07, 6.45) is 6.87. The first kappa shape index (κ1) is 7.00. The van der Waals surface area contributed by atoms with Gasteiger partial charge in [0.25, 0.3) is 0 Å². The summed E-state index contributed by atoms with van der Waals surface area (Å²) >= 11 is 0. The zero-order valence-corrected chi connectivity index (χ0v) is 7.22. The molecular weight excluding hydrogens is 128 g/mol. The lowest BCUT2D eigenvalue weighted by atomic mass is 10.0. The molecule has 1 nitrogen and oxygen atoms in total. The highest BCUT2D eigenvalue weighted by Crippen LogP contribution is 2.26. The number of rotatable bonds is 2. The van der Waals surface area contributed by atoms with Crippen LogP contribution in [0.5, 0.6) is 0 Å². The van der Waals surface area contributed by atoms with E-state index in [9.17, 15) is 4.79 Å². The van der Waals surface area contributed by atoms with Crippen LogP contribution in [0.2, 0.25) is 5.54 Å². The molecule has 1 aliphatic rings. The summed E-state index contributed by atoms with van der Waals surface area (Å²) in [5.41, 5.74) is 0.872. The van der Waals surface area contributed by atoms with Crippen LogP contribution in [-0.4, -0.2) is 15.4 Å². The Hall–Kier alpha value is -0.113. The standard InChI is InChI=1S/C7H14OSi/c8-6-9-7-4-2-1-3-5-7/h6-7H,1-5,9H2. The third kappa shape index (κ3) is 2.31. The predicted octanol–water partition coefficient (Wildman–Crippen LogP) is 1.10. The molecule has 1 rings (SSSR count). The van der Waals surface area contributed by atoms with Crippen LogP contribution in [0.15, 0.2) is 0 Å². The smallest absolute Gasteiger partial charge is 0.0997 e. The summed E-state index contributed by atoms with van der Waals surface area (Å²) in [5.74, 6) is 1.20. The Morgan fingerprint density at radius 3 is 2.44 bits per heavy atom. The highest BCUT2D eigenvalue weighted by Gasteiger charge is 2.12. The number of carbonyl (C=O) groups excluding carboxylic acids is 1. The van der Waals surface area contributed by atoms with Gasteiger partial charge in [-0.2, -0.15) is 0 Å². The third-order valence-electron chi connectivity index (χ3n) is 2.15. The lowest BCUT2D eigenvalue weighted by molar-refractivity contribution is 0.500. The first-order chi connectivity index (χ1) is 4.43. The van der Waals surface area contributed by atoms with Gasteiger partial charge in [0.15, 0.2) is 0 Å². The van der Waals surface area contributed by atoms with Gasteiger partial charge in [0, 0.05) is 0 Å². The van der Waals surface area contributed by atoms with E-state index in [0.717, 1.165) is 5.54 Å². The molecule has 0 amide bonds. The molecule has 9 heavy (non-hydrogen) atoms. The second-order valence-corrected chi connectivity index (χ2v) is 4.87. The number of hydrogen-bond donors (Lipinski definition) is 0. The summed E-state index contributed by atoms with van der Waals surface area (Å²) < 4.78 is 0. The van der Waals surface area contributed by atoms with E-state index in [2.05, 4.69) is 0 Å². The minimum Gasteiger partial charge on any atom is -0.310 e. The lowest BCUT2D eigenvalue weighted by Gasteiger charge is -2.17. The quantitative estimate of drug-likeness (QED) is 0.417. The number of hydrogen-bond acceptors (Lipinski definition) is 1. The van der Waals surface area contributed by atoms with Crippen LogP contribution in [0.1, 0.15) is 32.1 Å². The first-order valence-corrected chi connectivity index (χ1v) is 5.50. The minimum absolute atomic E-state index is 0.305. The summed E-state index contributed by atoms with van der Waals surface area (Å²) in [5, 5.41) is 0.